The molecule has 1 aliphatic rings. The fourth-order valence-corrected chi connectivity index (χ4v) is 3.29. The van der Waals surface area contributed by atoms with Gasteiger partial charge in [-0.15, -0.1) is 12.6 Å². The molecule has 0 bridgehead atoms. The van der Waals surface area contributed by atoms with Crippen LogP contribution in [0.15, 0.2) is 12.2 Å². The largest absolute Gasteiger partial charge is 0.392 e. The molecule has 3 N–H and O–H groups in total. The SMILES string of the molecule is CC/C=C/C(S)(NCCCC)N1CCN(S)C(C(N)=S)C1. The van der Waals surface area contributed by atoms with E-state index in [0.717, 1.165) is 45.4 Å². The van der Waals surface area contributed by atoms with E-state index in [1.807, 2.05) is 4.31 Å². The van der Waals surface area contributed by atoms with Crippen molar-refractivity contribution in [1.82, 2.24) is 14.5 Å². The molecule has 1 saturated heterocycles. The van der Waals surface area contributed by atoms with Crippen LogP contribution in [0.2, 0.25) is 0 Å². The van der Waals surface area contributed by atoms with Crippen molar-refractivity contribution in [2.24, 2.45) is 5.73 Å². The summed E-state index contributed by atoms with van der Waals surface area (Å²) in [5.41, 5.74) is 5.84. The van der Waals surface area contributed by atoms with Crippen LogP contribution < -0.4 is 11.1 Å². The van der Waals surface area contributed by atoms with Crippen LogP contribution in [-0.2, 0) is 0 Å². The van der Waals surface area contributed by atoms with Gasteiger partial charge >= 0.3 is 0 Å². The minimum absolute atomic E-state index is 0.0217. The molecule has 0 aromatic carbocycles. The van der Waals surface area contributed by atoms with Crippen LogP contribution in [0.25, 0.3) is 0 Å². The lowest BCUT2D eigenvalue weighted by molar-refractivity contribution is 0.111. The number of nitrogens with one attached hydrogen (secondary N) is 1. The summed E-state index contributed by atoms with van der Waals surface area (Å²) in [6.07, 6.45) is 7.57. The van der Waals surface area contributed by atoms with E-state index in [1.165, 1.54) is 0 Å². The van der Waals surface area contributed by atoms with Crippen LogP contribution in [0.5, 0.6) is 0 Å². The molecule has 122 valence electrons. The molecule has 1 aliphatic heterocycles. The smallest absolute Gasteiger partial charge is 0.136 e. The van der Waals surface area contributed by atoms with E-state index in [1.54, 1.807) is 0 Å². The van der Waals surface area contributed by atoms with E-state index < -0.39 is 4.99 Å². The van der Waals surface area contributed by atoms with Gasteiger partial charge in [-0.05, 0) is 25.5 Å². The minimum Gasteiger partial charge on any atom is -0.392 e. The van der Waals surface area contributed by atoms with Gasteiger partial charge in [-0.3, -0.25) is 10.2 Å². The van der Waals surface area contributed by atoms with E-state index >= 15 is 0 Å². The molecule has 4 nitrogen and oxygen atoms in total. The monoisotopic (exact) mass is 348 g/mol. The number of hydrogen-bond donors (Lipinski definition) is 4. The fraction of sp³-hybridized carbons (Fsp3) is 0.786. The highest BCUT2D eigenvalue weighted by Gasteiger charge is 2.36. The van der Waals surface area contributed by atoms with Gasteiger partial charge in [0, 0.05) is 19.6 Å². The molecule has 0 aromatic rings. The molecule has 0 spiro atoms. The van der Waals surface area contributed by atoms with Gasteiger partial charge in [0.15, 0.2) is 0 Å². The molecule has 1 fully saturated rings. The third-order valence-electron chi connectivity index (χ3n) is 3.66. The van der Waals surface area contributed by atoms with Crippen LogP contribution in [0.4, 0.5) is 0 Å². The number of allylic oxidation sites excluding steroid dienone is 1. The van der Waals surface area contributed by atoms with Crippen molar-refractivity contribution < 1.29 is 0 Å². The fourth-order valence-electron chi connectivity index (χ4n) is 2.33. The summed E-state index contributed by atoms with van der Waals surface area (Å²) < 4.78 is 1.92. The van der Waals surface area contributed by atoms with Crippen LogP contribution in [0.1, 0.15) is 33.1 Å². The van der Waals surface area contributed by atoms with Crippen molar-refractivity contribution in [3.8, 4) is 0 Å². The molecule has 0 aromatic heterocycles. The summed E-state index contributed by atoms with van der Waals surface area (Å²) in [5.74, 6) is 0. The first-order valence-corrected chi connectivity index (χ1v) is 8.85. The molecule has 21 heavy (non-hydrogen) atoms. The molecule has 2 unspecified atom stereocenters. The van der Waals surface area contributed by atoms with Crippen LogP contribution in [0.3, 0.4) is 0 Å². The average molecular weight is 349 g/mol. The molecular formula is C14H28N4S3. The highest BCUT2D eigenvalue weighted by molar-refractivity contribution is 7.82. The number of nitrogens with two attached hydrogens (primary N) is 1. The van der Waals surface area contributed by atoms with E-state index in [9.17, 15) is 0 Å². The maximum absolute atomic E-state index is 5.84. The van der Waals surface area contributed by atoms with Gasteiger partial charge in [-0.1, -0.05) is 51.4 Å². The van der Waals surface area contributed by atoms with Gasteiger partial charge in [0.25, 0.3) is 0 Å². The van der Waals surface area contributed by atoms with E-state index in [4.69, 9.17) is 30.6 Å². The number of thiocarbonyl (C=S) groups is 1. The van der Waals surface area contributed by atoms with E-state index in [0.29, 0.717) is 4.99 Å². The normalized spacial score (nSPS) is 24.3. The average Bonchev–Trinajstić information content (AvgIpc) is 2.45. The number of hydrogen-bond acceptors (Lipinski definition) is 6. The maximum Gasteiger partial charge on any atom is 0.136 e. The summed E-state index contributed by atoms with van der Waals surface area (Å²) >= 11 is 14.5. The lowest BCUT2D eigenvalue weighted by Gasteiger charge is -2.46. The Kier molecular flexibility index (Phi) is 8.59. The third kappa shape index (κ3) is 5.73. The number of thiol groups is 2. The van der Waals surface area contributed by atoms with Gasteiger partial charge in [-0.25, -0.2) is 4.31 Å². The zero-order valence-electron chi connectivity index (χ0n) is 13.0. The van der Waals surface area contributed by atoms with Crippen molar-refractivity contribution in [2.45, 2.75) is 44.1 Å². The Balaban J connectivity index is 2.81. The maximum atomic E-state index is 5.84. The Labute approximate surface area is 145 Å². The molecule has 0 aliphatic carbocycles. The molecule has 0 amide bonds. The van der Waals surface area contributed by atoms with E-state index in [-0.39, 0.29) is 6.04 Å². The second kappa shape index (κ2) is 9.37. The predicted octanol–water partition coefficient (Wildman–Crippen LogP) is 2.04. The van der Waals surface area contributed by atoms with Gasteiger partial charge in [0.1, 0.15) is 4.99 Å². The van der Waals surface area contributed by atoms with Gasteiger partial charge in [0.05, 0.1) is 11.0 Å². The summed E-state index contributed by atoms with van der Waals surface area (Å²) in [6, 6.07) is -0.0217. The molecule has 2 atom stereocenters. The van der Waals surface area contributed by atoms with Crippen molar-refractivity contribution in [3.05, 3.63) is 12.2 Å². The Morgan fingerprint density at radius 2 is 2.19 bits per heavy atom. The molecule has 1 heterocycles. The van der Waals surface area contributed by atoms with Crippen LogP contribution in [0, 0.1) is 0 Å². The van der Waals surface area contributed by atoms with Gasteiger partial charge < -0.3 is 5.73 Å². The molecule has 0 saturated carbocycles. The quantitative estimate of drug-likeness (QED) is 0.178. The first kappa shape index (κ1) is 19.3. The molecule has 1 rings (SSSR count). The zero-order valence-corrected chi connectivity index (χ0v) is 15.6. The predicted molar refractivity (Wildman–Crippen MR) is 102 cm³/mol. The van der Waals surface area contributed by atoms with Crippen LogP contribution >= 0.6 is 37.7 Å². The van der Waals surface area contributed by atoms with Crippen molar-refractivity contribution in [1.29, 1.82) is 0 Å². The summed E-state index contributed by atoms with van der Waals surface area (Å²) in [7, 11) is 0. The Morgan fingerprint density at radius 1 is 1.48 bits per heavy atom. The third-order valence-corrected chi connectivity index (χ3v) is 5.00. The standard InChI is InChI=1S/C14H28N4S3/c1-3-5-7-14(20,16-8-6-4-2)17-9-10-18(21)12(11-17)13(15)19/h5,7,12,16,20-21H,3-4,6,8-11H2,1-2H3,(H2,15,19)/b7-5+. The van der Waals surface area contributed by atoms with Gasteiger partial charge in [-0.2, -0.15) is 0 Å². The summed E-state index contributed by atoms with van der Waals surface area (Å²) in [4.78, 5) is 2.32. The Bertz CT molecular complexity index is 364. The van der Waals surface area contributed by atoms with Crippen molar-refractivity contribution in [3.63, 3.8) is 0 Å². The number of nitrogens with zero attached hydrogens (tertiary/aromatic N) is 2. The highest BCUT2D eigenvalue weighted by Crippen LogP contribution is 2.24. The van der Waals surface area contributed by atoms with Crippen LogP contribution in [-0.4, -0.2) is 51.4 Å². The topological polar surface area (TPSA) is 44.5 Å². The summed E-state index contributed by atoms with van der Waals surface area (Å²) in [6.45, 7) is 7.66. The highest BCUT2D eigenvalue weighted by atomic mass is 32.1. The first-order valence-electron chi connectivity index (χ1n) is 7.59. The second-order valence-electron chi connectivity index (χ2n) is 5.34. The lowest BCUT2D eigenvalue weighted by Crippen LogP contribution is -2.63. The van der Waals surface area contributed by atoms with E-state index in [2.05, 4.69) is 49.0 Å². The molecular weight excluding hydrogens is 320 g/mol. The Hall–Kier alpha value is 0.210. The number of rotatable bonds is 8. The summed E-state index contributed by atoms with van der Waals surface area (Å²) in [5, 5.41) is 3.55. The number of piperazine rings is 1. The zero-order chi connectivity index (χ0) is 15.9. The van der Waals surface area contributed by atoms with Crippen molar-refractivity contribution in [2.75, 3.05) is 26.2 Å². The van der Waals surface area contributed by atoms with Gasteiger partial charge in [0.2, 0.25) is 0 Å². The number of unbranched alkanes of at least 4 members (excludes halogenated alkanes) is 1. The lowest BCUT2D eigenvalue weighted by atomic mass is 10.1. The Morgan fingerprint density at radius 3 is 2.76 bits per heavy atom. The molecule has 0 radical (unpaired) electrons. The molecule has 7 heteroatoms. The second-order valence-corrected chi connectivity index (χ2v) is 7.01. The minimum atomic E-state index is -0.455. The van der Waals surface area contributed by atoms with Crippen molar-refractivity contribution >= 4 is 42.6 Å². The first-order chi connectivity index (χ1) is 9.94.